The number of fused-ring (bicyclic) bond motifs is 1. The topological polar surface area (TPSA) is 84.1 Å². The number of nitrogens with one attached hydrogen (secondary N) is 2. The Labute approximate surface area is 122 Å². The minimum Gasteiger partial charge on any atom is -0.468 e. The Balaban J connectivity index is 2.32. The van der Waals surface area contributed by atoms with Crippen molar-refractivity contribution in [3.8, 4) is 0 Å². The smallest absolute Gasteiger partial charge is 0.321 e. The minimum absolute atomic E-state index is 0.358. The number of anilines is 1. The summed E-state index contributed by atoms with van der Waals surface area (Å²) in [7, 11) is 1.28. The van der Waals surface area contributed by atoms with Gasteiger partial charge in [-0.1, -0.05) is 6.92 Å². The summed E-state index contributed by atoms with van der Waals surface area (Å²) in [6.07, 6.45) is 2.08. The largest absolute Gasteiger partial charge is 0.468 e. The molecule has 1 amide bonds. The monoisotopic (exact) mass is 289 g/mol. The summed E-state index contributed by atoms with van der Waals surface area (Å²) in [4.78, 5) is 24.3. The van der Waals surface area contributed by atoms with Crippen molar-refractivity contribution in [2.24, 2.45) is 5.41 Å². The number of esters is 1. The summed E-state index contributed by atoms with van der Waals surface area (Å²) in [5.74, 6) is -0.915. The van der Waals surface area contributed by atoms with Crippen molar-refractivity contribution < 1.29 is 14.3 Å². The molecule has 6 nitrogen and oxygen atoms in total. The van der Waals surface area contributed by atoms with Crippen molar-refractivity contribution in [3.63, 3.8) is 0 Å². The highest BCUT2D eigenvalue weighted by Gasteiger charge is 2.40. The number of carbonyl (C=O) groups excluding carboxylic acids is 2. The zero-order chi connectivity index (χ0) is 15.6. The number of benzene rings is 1. The first-order valence-corrected chi connectivity index (χ1v) is 6.76. The van der Waals surface area contributed by atoms with Crippen molar-refractivity contribution in [3.05, 3.63) is 23.9 Å². The van der Waals surface area contributed by atoms with Crippen molar-refractivity contribution in [2.75, 3.05) is 12.4 Å². The van der Waals surface area contributed by atoms with Crippen LogP contribution in [0.25, 0.3) is 10.9 Å². The summed E-state index contributed by atoms with van der Waals surface area (Å²) >= 11 is 0. The van der Waals surface area contributed by atoms with Gasteiger partial charge in [0.15, 0.2) is 0 Å². The van der Waals surface area contributed by atoms with E-state index >= 15 is 0 Å². The zero-order valence-corrected chi connectivity index (χ0v) is 12.6. The number of H-pyrrole nitrogens is 1. The van der Waals surface area contributed by atoms with Crippen molar-refractivity contribution in [2.45, 2.75) is 27.2 Å². The number of aromatic amines is 1. The van der Waals surface area contributed by atoms with Crippen LogP contribution in [0.2, 0.25) is 0 Å². The lowest BCUT2D eigenvalue weighted by atomic mass is 9.86. The van der Waals surface area contributed by atoms with Crippen molar-refractivity contribution >= 4 is 28.5 Å². The van der Waals surface area contributed by atoms with Crippen LogP contribution < -0.4 is 5.32 Å². The Hall–Kier alpha value is -2.37. The molecular formula is C15H19N3O3. The molecule has 0 spiro atoms. The second-order valence-corrected chi connectivity index (χ2v) is 5.20. The molecule has 21 heavy (non-hydrogen) atoms. The van der Waals surface area contributed by atoms with E-state index in [0.717, 1.165) is 16.5 Å². The second kappa shape index (κ2) is 5.55. The van der Waals surface area contributed by atoms with Gasteiger partial charge in [0.05, 0.1) is 18.8 Å². The first kappa shape index (κ1) is 15.0. The van der Waals surface area contributed by atoms with E-state index in [1.807, 2.05) is 13.0 Å². The molecule has 6 heteroatoms. The number of methoxy groups -OCH3 is 1. The molecule has 0 radical (unpaired) electrons. The van der Waals surface area contributed by atoms with Crippen molar-refractivity contribution in [1.82, 2.24) is 10.2 Å². The molecule has 1 aromatic carbocycles. The lowest BCUT2D eigenvalue weighted by molar-refractivity contribution is -0.156. The molecule has 2 aromatic rings. The summed E-state index contributed by atoms with van der Waals surface area (Å²) in [5, 5.41) is 10.7. The summed E-state index contributed by atoms with van der Waals surface area (Å²) < 4.78 is 4.74. The van der Waals surface area contributed by atoms with Crippen molar-refractivity contribution in [1.29, 1.82) is 0 Å². The third-order valence-corrected chi connectivity index (χ3v) is 3.97. The highest BCUT2D eigenvalue weighted by molar-refractivity contribution is 6.09. The number of hydrogen-bond acceptors (Lipinski definition) is 4. The molecule has 0 fully saturated rings. The average Bonchev–Trinajstić information content (AvgIpc) is 2.97. The molecule has 112 valence electrons. The minimum atomic E-state index is -1.20. The third kappa shape index (κ3) is 2.49. The number of aromatic nitrogens is 2. The maximum Gasteiger partial charge on any atom is 0.321 e. The number of ether oxygens (including phenoxy) is 1. The van der Waals surface area contributed by atoms with Gasteiger partial charge < -0.3 is 10.1 Å². The molecule has 0 aliphatic carbocycles. The van der Waals surface area contributed by atoms with Gasteiger partial charge in [-0.05, 0) is 38.0 Å². The molecule has 1 atom stereocenters. The highest BCUT2D eigenvalue weighted by atomic mass is 16.5. The molecule has 1 unspecified atom stereocenters. The van der Waals surface area contributed by atoms with Crippen LogP contribution >= 0.6 is 0 Å². The van der Waals surface area contributed by atoms with Crippen LogP contribution in [0.15, 0.2) is 18.3 Å². The number of nitrogens with zero attached hydrogens (tertiary/aromatic N) is 1. The van der Waals surface area contributed by atoms with E-state index in [0.29, 0.717) is 12.1 Å². The van der Waals surface area contributed by atoms with Crippen LogP contribution in [-0.4, -0.2) is 29.2 Å². The molecule has 2 N–H and O–H groups in total. The second-order valence-electron chi connectivity index (χ2n) is 5.20. The van der Waals surface area contributed by atoms with E-state index in [1.165, 1.54) is 7.11 Å². The van der Waals surface area contributed by atoms with Gasteiger partial charge in [-0.25, -0.2) is 0 Å². The Morgan fingerprint density at radius 2 is 2.14 bits per heavy atom. The normalized spacial score (nSPS) is 13.7. The fraction of sp³-hybridized carbons (Fsp3) is 0.400. The molecule has 0 aliphatic heterocycles. The van der Waals surface area contributed by atoms with Gasteiger partial charge in [-0.2, -0.15) is 5.10 Å². The summed E-state index contributed by atoms with van der Waals surface area (Å²) in [6.45, 7) is 5.25. The van der Waals surface area contributed by atoms with Crippen LogP contribution in [0.4, 0.5) is 5.69 Å². The van der Waals surface area contributed by atoms with Gasteiger partial charge >= 0.3 is 5.97 Å². The molecule has 1 heterocycles. The van der Waals surface area contributed by atoms with Crippen LogP contribution in [-0.2, 0) is 14.3 Å². The molecule has 2 rings (SSSR count). The SMILES string of the molecule is CCC(C)(C(=O)Nc1ccc2cn[nH]c2c1C)C(=O)OC. The average molecular weight is 289 g/mol. The first-order chi connectivity index (χ1) is 9.93. The molecule has 0 saturated carbocycles. The lowest BCUT2D eigenvalue weighted by Crippen LogP contribution is -2.41. The standard InChI is InChI=1S/C15H19N3O3/c1-5-15(3,14(20)21-4)13(19)17-11-7-6-10-8-16-18-12(10)9(11)2/h6-8H,5H2,1-4H3,(H,16,18)(H,17,19). The van der Waals surface area contributed by atoms with Gasteiger partial charge in [0.1, 0.15) is 5.41 Å². The maximum atomic E-state index is 12.5. The van der Waals surface area contributed by atoms with Gasteiger partial charge in [0.2, 0.25) is 5.91 Å². The molecule has 0 aliphatic rings. The van der Waals surface area contributed by atoms with E-state index in [9.17, 15) is 9.59 Å². The predicted molar refractivity (Wildman–Crippen MR) is 79.9 cm³/mol. The predicted octanol–water partition coefficient (Wildman–Crippen LogP) is 2.40. The summed E-state index contributed by atoms with van der Waals surface area (Å²) in [6, 6.07) is 3.67. The highest BCUT2D eigenvalue weighted by Crippen LogP contribution is 2.28. The van der Waals surface area contributed by atoms with E-state index in [1.54, 1.807) is 26.1 Å². The Kier molecular flexibility index (Phi) is 3.97. The number of aryl methyl sites for hydroxylation is 1. The van der Waals surface area contributed by atoms with Crippen LogP contribution in [0.3, 0.4) is 0 Å². The lowest BCUT2D eigenvalue weighted by Gasteiger charge is -2.24. The Morgan fingerprint density at radius 3 is 2.76 bits per heavy atom. The van der Waals surface area contributed by atoms with Gasteiger partial charge in [-0.3, -0.25) is 14.7 Å². The fourth-order valence-corrected chi connectivity index (χ4v) is 2.17. The number of carbonyl (C=O) groups is 2. The molecule has 0 saturated heterocycles. The van der Waals surface area contributed by atoms with E-state index in [2.05, 4.69) is 15.5 Å². The van der Waals surface area contributed by atoms with E-state index < -0.39 is 11.4 Å². The van der Waals surface area contributed by atoms with Crippen LogP contribution in [0.5, 0.6) is 0 Å². The van der Waals surface area contributed by atoms with E-state index in [-0.39, 0.29) is 5.91 Å². The zero-order valence-electron chi connectivity index (χ0n) is 12.6. The summed E-state index contributed by atoms with van der Waals surface area (Å²) in [5.41, 5.74) is 1.19. The van der Waals surface area contributed by atoms with Gasteiger partial charge in [-0.15, -0.1) is 0 Å². The van der Waals surface area contributed by atoms with Crippen LogP contribution in [0, 0.1) is 12.3 Å². The Morgan fingerprint density at radius 1 is 1.43 bits per heavy atom. The number of hydrogen-bond donors (Lipinski definition) is 2. The fourth-order valence-electron chi connectivity index (χ4n) is 2.17. The third-order valence-electron chi connectivity index (χ3n) is 3.97. The maximum absolute atomic E-state index is 12.5. The molecular weight excluding hydrogens is 270 g/mol. The van der Waals surface area contributed by atoms with Gasteiger partial charge in [0, 0.05) is 11.1 Å². The molecule has 0 bridgehead atoms. The van der Waals surface area contributed by atoms with Gasteiger partial charge in [0.25, 0.3) is 0 Å². The molecule has 1 aromatic heterocycles. The van der Waals surface area contributed by atoms with E-state index in [4.69, 9.17) is 4.74 Å². The first-order valence-electron chi connectivity index (χ1n) is 6.76. The number of amides is 1. The quantitative estimate of drug-likeness (QED) is 0.668. The van der Waals surface area contributed by atoms with Crippen LogP contribution in [0.1, 0.15) is 25.8 Å². The number of rotatable bonds is 4. The Bertz CT molecular complexity index is 693.